The van der Waals surface area contributed by atoms with Crippen LogP contribution in [0.1, 0.15) is 27.0 Å². The van der Waals surface area contributed by atoms with E-state index in [0.29, 0.717) is 5.56 Å². The van der Waals surface area contributed by atoms with Crippen LogP contribution in [0.2, 0.25) is 0 Å². The van der Waals surface area contributed by atoms with Crippen LogP contribution in [0.15, 0.2) is 48.5 Å². The van der Waals surface area contributed by atoms with Gasteiger partial charge in [-0.1, -0.05) is 36.4 Å². The molecule has 3 aromatic rings. The molecule has 0 saturated carbocycles. The predicted molar refractivity (Wildman–Crippen MR) is 94.3 cm³/mol. The monoisotopic (exact) mass is 320 g/mol. The van der Waals surface area contributed by atoms with Crippen molar-refractivity contribution in [3.05, 3.63) is 70.8 Å². The van der Waals surface area contributed by atoms with E-state index >= 15 is 0 Å². The van der Waals surface area contributed by atoms with Gasteiger partial charge in [0.05, 0.1) is 5.56 Å². The smallest absolute Gasteiger partial charge is 0.335 e. The highest BCUT2D eigenvalue weighted by Gasteiger charge is 2.07. The second kappa shape index (κ2) is 6.08. The molecule has 0 heterocycles. The Balaban J connectivity index is 2.06. The Morgan fingerprint density at radius 1 is 0.958 bits per heavy atom. The Hall–Kier alpha value is -3.27. The summed E-state index contributed by atoms with van der Waals surface area (Å²) in [5.41, 5.74) is 2.53. The van der Waals surface area contributed by atoms with E-state index in [1.807, 2.05) is 31.2 Å². The van der Waals surface area contributed by atoms with Crippen LogP contribution in [0, 0.1) is 6.92 Å². The summed E-state index contributed by atoms with van der Waals surface area (Å²) in [6, 6.07) is 13.4. The summed E-state index contributed by atoms with van der Waals surface area (Å²) in [7, 11) is 0. The molecule has 0 aliphatic rings. The summed E-state index contributed by atoms with van der Waals surface area (Å²) in [5.74, 6) is -0.982. The van der Waals surface area contributed by atoms with Crippen LogP contribution < -0.4 is 0 Å². The average Bonchev–Trinajstić information content (AvgIpc) is 2.54. The third-order valence-electron chi connectivity index (χ3n) is 3.97. The maximum absolute atomic E-state index is 10.9. The molecule has 0 aromatic heterocycles. The minimum atomic E-state index is -1.08. The molecule has 3 N–H and O–H groups in total. The van der Waals surface area contributed by atoms with Gasteiger partial charge in [0.15, 0.2) is 0 Å². The second-order valence-corrected chi connectivity index (χ2v) is 5.61. The van der Waals surface area contributed by atoms with Gasteiger partial charge in [-0.25, -0.2) is 4.79 Å². The molecule has 0 aliphatic carbocycles. The molecule has 0 aliphatic heterocycles. The highest BCUT2D eigenvalue weighted by Crippen LogP contribution is 2.28. The summed E-state index contributed by atoms with van der Waals surface area (Å²) in [4.78, 5) is 10.9. The average molecular weight is 320 g/mol. The third kappa shape index (κ3) is 2.94. The van der Waals surface area contributed by atoms with E-state index in [4.69, 9.17) is 5.11 Å². The van der Waals surface area contributed by atoms with E-state index in [0.717, 1.165) is 21.9 Å². The first-order valence-electron chi connectivity index (χ1n) is 7.42. The van der Waals surface area contributed by atoms with Crippen molar-refractivity contribution in [3.63, 3.8) is 0 Å². The molecule has 0 bridgehead atoms. The second-order valence-electron chi connectivity index (χ2n) is 5.61. The van der Waals surface area contributed by atoms with Gasteiger partial charge in [0.2, 0.25) is 0 Å². The van der Waals surface area contributed by atoms with Crippen LogP contribution in [0.25, 0.3) is 22.9 Å². The van der Waals surface area contributed by atoms with Gasteiger partial charge in [0.1, 0.15) is 11.5 Å². The third-order valence-corrected chi connectivity index (χ3v) is 3.97. The molecule has 0 unspecified atom stereocenters. The SMILES string of the molecule is Cc1ccc2ccc(O)cc2c1/C=C/c1ccc(C(=O)O)cc1O. The molecule has 24 heavy (non-hydrogen) atoms. The summed E-state index contributed by atoms with van der Waals surface area (Å²) in [5, 5.41) is 30.6. The number of carbonyl (C=O) groups is 1. The molecule has 3 rings (SSSR count). The molecule has 0 fully saturated rings. The quantitative estimate of drug-likeness (QED) is 0.624. The fourth-order valence-corrected chi connectivity index (χ4v) is 2.65. The highest BCUT2D eigenvalue weighted by atomic mass is 16.4. The van der Waals surface area contributed by atoms with Crippen molar-refractivity contribution in [1.82, 2.24) is 0 Å². The lowest BCUT2D eigenvalue weighted by Crippen LogP contribution is -1.95. The van der Waals surface area contributed by atoms with Gasteiger partial charge in [-0.15, -0.1) is 0 Å². The van der Waals surface area contributed by atoms with Crippen molar-refractivity contribution in [2.24, 2.45) is 0 Å². The zero-order valence-electron chi connectivity index (χ0n) is 13.0. The molecular weight excluding hydrogens is 304 g/mol. The van der Waals surface area contributed by atoms with E-state index in [2.05, 4.69) is 0 Å². The first kappa shape index (κ1) is 15.6. The first-order chi connectivity index (χ1) is 11.5. The molecule has 4 nitrogen and oxygen atoms in total. The summed E-state index contributed by atoms with van der Waals surface area (Å²) < 4.78 is 0. The molecule has 4 heteroatoms. The van der Waals surface area contributed by atoms with E-state index in [-0.39, 0.29) is 17.1 Å². The minimum Gasteiger partial charge on any atom is -0.508 e. The highest BCUT2D eigenvalue weighted by molar-refractivity contribution is 5.95. The zero-order chi connectivity index (χ0) is 17.3. The number of phenols is 2. The lowest BCUT2D eigenvalue weighted by Gasteiger charge is -2.07. The van der Waals surface area contributed by atoms with E-state index in [1.54, 1.807) is 24.3 Å². The van der Waals surface area contributed by atoms with Gasteiger partial charge >= 0.3 is 5.97 Å². The fraction of sp³-hybridized carbons (Fsp3) is 0.0500. The van der Waals surface area contributed by atoms with Crippen molar-refractivity contribution >= 4 is 28.9 Å². The zero-order valence-corrected chi connectivity index (χ0v) is 13.0. The minimum absolute atomic E-state index is 0.0379. The van der Waals surface area contributed by atoms with Crippen LogP contribution in [-0.4, -0.2) is 21.3 Å². The molecule has 0 radical (unpaired) electrons. The van der Waals surface area contributed by atoms with Gasteiger partial charge in [-0.3, -0.25) is 0 Å². The molecule has 0 saturated heterocycles. The number of fused-ring (bicyclic) bond motifs is 1. The maximum atomic E-state index is 10.9. The van der Waals surface area contributed by atoms with Crippen molar-refractivity contribution in [2.75, 3.05) is 0 Å². The Morgan fingerprint density at radius 3 is 2.42 bits per heavy atom. The summed E-state index contributed by atoms with van der Waals surface area (Å²) >= 11 is 0. The Morgan fingerprint density at radius 2 is 1.71 bits per heavy atom. The normalized spacial score (nSPS) is 11.2. The molecular formula is C20H16O4. The molecule has 120 valence electrons. The first-order valence-corrected chi connectivity index (χ1v) is 7.42. The van der Waals surface area contributed by atoms with E-state index in [9.17, 15) is 15.0 Å². The molecule has 0 spiro atoms. The number of aryl methyl sites for hydroxylation is 1. The van der Waals surface area contributed by atoms with Crippen LogP contribution in [0.3, 0.4) is 0 Å². The van der Waals surface area contributed by atoms with Crippen molar-refractivity contribution in [2.45, 2.75) is 6.92 Å². The van der Waals surface area contributed by atoms with Crippen molar-refractivity contribution < 1.29 is 20.1 Å². The van der Waals surface area contributed by atoms with Gasteiger partial charge in [0.25, 0.3) is 0 Å². The standard InChI is InChI=1S/C20H16O4/c1-12-2-3-13-6-8-16(21)11-18(13)17(12)9-7-14-4-5-15(20(23)24)10-19(14)22/h2-11,21-22H,1H3,(H,23,24)/b9-7+. The van der Waals surface area contributed by atoms with Gasteiger partial charge in [-0.2, -0.15) is 0 Å². The van der Waals surface area contributed by atoms with Gasteiger partial charge in [0, 0.05) is 5.56 Å². The Labute approximate surface area is 138 Å². The van der Waals surface area contributed by atoms with Gasteiger partial charge < -0.3 is 15.3 Å². The van der Waals surface area contributed by atoms with Gasteiger partial charge in [-0.05, 0) is 53.1 Å². The predicted octanol–water partition coefficient (Wildman–Crippen LogP) is 4.43. The summed E-state index contributed by atoms with van der Waals surface area (Å²) in [6.07, 6.45) is 3.58. The molecule has 3 aromatic carbocycles. The number of carboxylic acid groups (broad SMARTS) is 1. The number of carboxylic acids is 1. The molecule has 0 atom stereocenters. The van der Waals surface area contributed by atoms with Crippen molar-refractivity contribution in [1.29, 1.82) is 0 Å². The number of hydrogen-bond acceptors (Lipinski definition) is 3. The Kier molecular flexibility index (Phi) is 3.96. The molecule has 0 amide bonds. The van der Waals surface area contributed by atoms with Crippen LogP contribution in [0.4, 0.5) is 0 Å². The maximum Gasteiger partial charge on any atom is 0.335 e. The number of phenolic OH excluding ortho intramolecular Hbond substituents is 2. The lowest BCUT2D eigenvalue weighted by atomic mass is 9.98. The van der Waals surface area contributed by atoms with Crippen LogP contribution >= 0.6 is 0 Å². The fourth-order valence-electron chi connectivity index (χ4n) is 2.65. The van der Waals surface area contributed by atoms with Crippen molar-refractivity contribution in [3.8, 4) is 11.5 Å². The van der Waals surface area contributed by atoms with Crippen LogP contribution in [0.5, 0.6) is 11.5 Å². The largest absolute Gasteiger partial charge is 0.508 e. The number of aromatic carboxylic acids is 1. The van der Waals surface area contributed by atoms with Crippen LogP contribution in [-0.2, 0) is 0 Å². The summed E-state index contributed by atoms with van der Waals surface area (Å²) in [6.45, 7) is 1.97. The number of aromatic hydroxyl groups is 2. The lowest BCUT2D eigenvalue weighted by molar-refractivity contribution is 0.0696. The Bertz CT molecular complexity index is 966. The van der Waals surface area contributed by atoms with E-state index < -0.39 is 5.97 Å². The number of benzene rings is 3. The van der Waals surface area contributed by atoms with E-state index in [1.165, 1.54) is 12.1 Å². The number of hydrogen-bond donors (Lipinski definition) is 3. The number of rotatable bonds is 3. The topological polar surface area (TPSA) is 77.8 Å².